The van der Waals surface area contributed by atoms with Crippen LogP contribution >= 0.6 is 11.6 Å². The van der Waals surface area contributed by atoms with Crippen LogP contribution in [0.15, 0.2) is 24.3 Å². The average Bonchev–Trinajstić information content (AvgIpc) is 2.42. The minimum Gasteiger partial charge on any atom is -0.341 e. The number of rotatable bonds is 5. The summed E-state index contributed by atoms with van der Waals surface area (Å²) < 4.78 is 13.6. The summed E-state index contributed by atoms with van der Waals surface area (Å²) in [6, 6.07) is 6.29. The summed E-state index contributed by atoms with van der Waals surface area (Å²) in [4.78, 5) is 14.2. The smallest absolute Gasteiger partial charge is 0.233 e. The second-order valence-corrected chi connectivity index (χ2v) is 4.34. The lowest BCUT2D eigenvalue weighted by Gasteiger charge is -2.18. The largest absolute Gasteiger partial charge is 0.341 e. The number of benzene rings is 1. The van der Waals surface area contributed by atoms with Gasteiger partial charge in [-0.15, -0.1) is 0 Å². The molecule has 7 heteroatoms. The molecule has 2 rings (SSSR count). The van der Waals surface area contributed by atoms with E-state index in [2.05, 4.69) is 20.3 Å². The van der Waals surface area contributed by atoms with E-state index in [4.69, 9.17) is 11.6 Å². The normalized spacial score (nSPS) is 10.4. The number of anilines is 3. The molecule has 1 N–H and O–H groups in total. The SMILES string of the molecule is CCN(CC)c1nc(Cl)nc(Nc2ccccc2F)n1. The number of hydrogen-bond donors (Lipinski definition) is 1. The van der Waals surface area contributed by atoms with Gasteiger partial charge < -0.3 is 10.2 Å². The second kappa shape index (κ2) is 6.47. The molecule has 0 aliphatic heterocycles. The molecule has 0 saturated carbocycles. The lowest BCUT2D eigenvalue weighted by Crippen LogP contribution is -2.24. The number of nitrogens with zero attached hydrogens (tertiary/aromatic N) is 4. The van der Waals surface area contributed by atoms with Crippen molar-refractivity contribution < 1.29 is 4.39 Å². The van der Waals surface area contributed by atoms with E-state index in [9.17, 15) is 4.39 Å². The van der Waals surface area contributed by atoms with Crippen molar-refractivity contribution in [1.82, 2.24) is 15.0 Å². The van der Waals surface area contributed by atoms with Gasteiger partial charge in [0.1, 0.15) is 5.82 Å². The van der Waals surface area contributed by atoms with Gasteiger partial charge in [0, 0.05) is 13.1 Å². The molecule has 0 aliphatic carbocycles. The zero-order valence-corrected chi connectivity index (χ0v) is 12.0. The summed E-state index contributed by atoms with van der Waals surface area (Å²) in [5, 5.41) is 2.88. The Kier molecular flexibility index (Phi) is 4.68. The van der Waals surface area contributed by atoms with Crippen molar-refractivity contribution in [3.8, 4) is 0 Å². The van der Waals surface area contributed by atoms with E-state index >= 15 is 0 Å². The quantitative estimate of drug-likeness (QED) is 0.917. The van der Waals surface area contributed by atoms with Gasteiger partial charge >= 0.3 is 0 Å². The fraction of sp³-hybridized carbons (Fsp3) is 0.308. The lowest BCUT2D eigenvalue weighted by atomic mass is 10.3. The van der Waals surface area contributed by atoms with Crippen molar-refractivity contribution >= 4 is 29.2 Å². The Bertz CT molecular complexity index is 589. The first-order chi connectivity index (χ1) is 9.63. The number of nitrogens with one attached hydrogen (secondary N) is 1. The minimum atomic E-state index is -0.381. The predicted molar refractivity (Wildman–Crippen MR) is 78.1 cm³/mol. The van der Waals surface area contributed by atoms with Crippen LogP contribution < -0.4 is 10.2 Å². The summed E-state index contributed by atoms with van der Waals surface area (Å²) >= 11 is 5.89. The Morgan fingerprint density at radius 2 is 1.85 bits per heavy atom. The Balaban J connectivity index is 2.31. The van der Waals surface area contributed by atoms with Crippen molar-refractivity contribution in [2.45, 2.75) is 13.8 Å². The highest BCUT2D eigenvalue weighted by molar-refractivity contribution is 6.28. The molecule has 0 aliphatic rings. The van der Waals surface area contributed by atoms with Crippen LogP contribution in [-0.4, -0.2) is 28.0 Å². The first-order valence-corrected chi connectivity index (χ1v) is 6.70. The fourth-order valence-electron chi connectivity index (χ4n) is 1.73. The maximum atomic E-state index is 13.6. The summed E-state index contributed by atoms with van der Waals surface area (Å²) in [6.07, 6.45) is 0. The predicted octanol–water partition coefficient (Wildman–Crippen LogP) is 3.25. The molecule has 0 unspecified atom stereocenters. The number of halogens is 2. The standard InChI is InChI=1S/C13H15ClFN5/c1-3-20(4-2)13-18-11(14)17-12(19-13)16-10-8-6-5-7-9(10)15/h5-8H,3-4H2,1-2H3,(H,16,17,18,19). The third-order valence-electron chi connectivity index (χ3n) is 2.76. The minimum absolute atomic E-state index is 0.0701. The van der Waals surface area contributed by atoms with Gasteiger partial charge in [0.05, 0.1) is 5.69 Å². The lowest BCUT2D eigenvalue weighted by molar-refractivity contribution is 0.631. The van der Waals surface area contributed by atoms with Crippen molar-refractivity contribution in [3.63, 3.8) is 0 Å². The van der Waals surface area contributed by atoms with Crippen LogP contribution in [0.1, 0.15) is 13.8 Å². The zero-order chi connectivity index (χ0) is 14.5. The van der Waals surface area contributed by atoms with Gasteiger partial charge in [0.15, 0.2) is 0 Å². The van der Waals surface area contributed by atoms with E-state index in [-0.39, 0.29) is 17.0 Å². The van der Waals surface area contributed by atoms with Gasteiger partial charge in [0.25, 0.3) is 0 Å². The zero-order valence-electron chi connectivity index (χ0n) is 11.3. The highest BCUT2D eigenvalue weighted by Gasteiger charge is 2.11. The Morgan fingerprint density at radius 3 is 2.50 bits per heavy atom. The van der Waals surface area contributed by atoms with Gasteiger partial charge in [0.2, 0.25) is 17.2 Å². The van der Waals surface area contributed by atoms with Crippen molar-refractivity contribution in [3.05, 3.63) is 35.4 Å². The summed E-state index contributed by atoms with van der Waals surface area (Å²) in [5.41, 5.74) is 0.292. The molecule has 0 atom stereocenters. The maximum absolute atomic E-state index is 13.6. The molecule has 0 fully saturated rings. The maximum Gasteiger partial charge on any atom is 0.233 e. The van der Waals surface area contributed by atoms with Gasteiger partial charge in [-0.1, -0.05) is 12.1 Å². The molecule has 0 saturated heterocycles. The van der Waals surface area contributed by atoms with E-state index in [0.717, 1.165) is 13.1 Å². The topological polar surface area (TPSA) is 53.9 Å². The molecule has 0 amide bonds. The monoisotopic (exact) mass is 295 g/mol. The van der Waals surface area contributed by atoms with E-state index < -0.39 is 0 Å². The van der Waals surface area contributed by atoms with Crippen molar-refractivity contribution in [1.29, 1.82) is 0 Å². The number of para-hydroxylation sites is 1. The molecule has 1 aromatic carbocycles. The Morgan fingerprint density at radius 1 is 1.15 bits per heavy atom. The third kappa shape index (κ3) is 3.33. The molecule has 1 heterocycles. The van der Waals surface area contributed by atoms with E-state index in [1.807, 2.05) is 18.7 Å². The molecule has 0 spiro atoms. The van der Waals surface area contributed by atoms with Crippen LogP contribution in [0.25, 0.3) is 0 Å². The van der Waals surface area contributed by atoms with Gasteiger partial charge in [-0.2, -0.15) is 15.0 Å². The van der Waals surface area contributed by atoms with Crippen LogP contribution in [0, 0.1) is 5.82 Å². The first-order valence-electron chi connectivity index (χ1n) is 6.32. The molecule has 0 radical (unpaired) electrons. The van der Waals surface area contributed by atoms with Crippen LogP contribution in [0.3, 0.4) is 0 Å². The van der Waals surface area contributed by atoms with Crippen LogP contribution in [0.4, 0.5) is 22.0 Å². The highest BCUT2D eigenvalue weighted by Crippen LogP contribution is 2.19. The molecular formula is C13H15ClFN5. The fourth-order valence-corrected chi connectivity index (χ4v) is 1.88. The van der Waals surface area contributed by atoms with Crippen molar-refractivity contribution in [2.24, 2.45) is 0 Å². The third-order valence-corrected chi connectivity index (χ3v) is 2.93. The van der Waals surface area contributed by atoms with E-state index in [1.165, 1.54) is 6.07 Å². The van der Waals surface area contributed by atoms with Crippen LogP contribution in [-0.2, 0) is 0 Å². The molecule has 5 nitrogen and oxygen atoms in total. The Labute approximate surface area is 121 Å². The molecular weight excluding hydrogens is 281 g/mol. The number of hydrogen-bond acceptors (Lipinski definition) is 5. The Hall–Kier alpha value is -1.95. The molecule has 0 bridgehead atoms. The van der Waals surface area contributed by atoms with Crippen LogP contribution in [0.5, 0.6) is 0 Å². The first kappa shape index (κ1) is 14.5. The average molecular weight is 296 g/mol. The number of aromatic nitrogens is 3. The second-order valence-electron chi connectivity index (χ2n) is 4.01. The van der Waals surface area contributed by atoms with Crippen molar-refractivity contribution in [2.75, 3.05) is 23.3 Å². The van der Waals surface area contributed by atoms with E-state index in [0.29, 0.717) is 11.6 Å². The van der Waals surface area contributed by atoms with Crippen LogP contribution in [0.2, 0.25) is 5.28 Å². The molecule has 106 valence electrons. The summed E-state index contributed by atoms with van der Waals surface area (Å²) in [6.45, 7) is 5.47. The molecule has 2 aromatic rings. The summed E-state index contributed by atoms with van der Waals surface area (Å²) in [5.74, 6) is 0.305. The molecule has 20 heavy (non-hydrogen) atoms. The van der Waals surface area contributed by atoms with Gasteiger partial charge in [-0.25, -0.2) is 4.39 Å². The summed E-state index contributed by atoms with van der Waals surface area (Å²) in [7, 11) is 0. The molecule has 1 aromatic heterocycles. The highest BCUT2D eigenvalue weighted by atomic mass is 35.5. The van der Waals surface area contributed by atoms with E-state index in [1.54, 1.807) is 18.2 Å². The van der Waals surface area contributed by atoms with Gasteiger partial charge in [-0.05, 0) is 37.6 Å². The van der Waals surface area contributed by atoms with Gasteiger partial charge in [-0.3, -0.25) is 0 Å².